The van der Waals surface area contributed by atoms with Crippen molar-refractivity contribution in [1.29, 1.82) is 5.26 Å². The van der Waals surface area contributed by atoms with Crippen LogP contribution in [0, 0.1) is 32.1 Å². The maximum Gasteiger partial charge on any atom is 0.340 e. The normalized spacial score (nSPS) is 10.2. The zero-order chi connectivity index (χ0) is 20.0. The van der Waals surface area contributed by atoms with E-state index in [1.54, 1.807) is 13.8 Å². The van der Waals surface area contributed by atoms with Crippen molar-refractivity contribution >= 4 is 29.3 Å². The summed E-state index contributed by atoms with van der Waals surface area (Å²) in [6.45, 7) is 7.62. The highest BCUT2D eigenvalue weighted by Crippen LogP contribution is 2.24. The number of pyridine rings is 1. The molecular formula is C20H21N3O3S. The Labute approximate surface area is 162 Å². The third kappa shape index (κ3) is 5.31. The van der Waals surface area contributed by atoms with E-state index in [4.69, 9.17) is 4.74 Å². The smallest absolute Gasteiger partial charge is 0.340 e. The molecule has 1 aromatic heterocycles. The maximum absolute atomic E-state index is 12.2. The number of benzene rings is 1. The number of aryl methyl sites for hydroxylation is 3. The van der Waals surface area contributed by atoms with Gasteiger partial charge in [-0.3, -0.25) is 4.79 Å². The second-order valence-corrected chi connectivity index (χ2v) is 6.91. The summed E-state index contributed by atoms with van der Waals surface area (Å²) in [6.07, 6.45) is 0. The Hall–Kier alpha value is -2.85. The molecule has 1 amide bonds. The summed E-state index contributed by atoms with van der Waals surface area (Å²) in [7, 11) is 0. The van der Waals surface area contributed by atoms with E-state index in [0.717, 1.165) is 28.6 Å². The predicted octanol–water partition coefficient (Wildman–Crippen LogP) is 3.79. The summed E-state index contributed by atoms with van der Waals surface area (Å²) < 4.78 is 4.97. The van der Waals surface area contributed by atoms with Crippen LogP contribution in [0.3, 0.4) is 0 Å². The third-order valence-electron chi connectivity index (χ3n) is 3.92. The lowest BCUT2D eigenvalue weighted by Crippen LogP contribution is -2.15. The van der Waals surface area contributed by atoms with E-state index < -0.39 is 5.97 Å². The molecular weight excluding hydrogens is 362 g/mol. The number of nitriles is 1. The molecule has 27 heavy (non-hydrogen) atoms. The van der Waals surface area contributed by atoms with Gasteiger partial charge < -0.3 is 10.1 Å². The van der Waals surface area contributed by atoms with Crippen LogP contribution in [0.2, 0.25) is 0 Å². The quantitative estimate of drug-likeness (QED) is 0.603. The minimum Gasteiger partial charge on any atom is -0.462 e. The van der Waals surface area contributed by atoms with E-state index in [0.29, 0.717) is 10.7 Å². The Kier molecular flexibility index (Phi) is 6.97. The minimum atomic E-state index is -0.511. The zero-order valence-electron chi connectivity index (χ0n) is 15.8. The first-order chi connectivity index (χ1) is 12.8. The number of amides is 1. The summed E-state index contributed by atoms with van der Waals surface area (Å²) in [4.78, 5) is 28.4. The van der Waals surface area contributed by atoms with Gasteiger partial charge in [-0.2, -0.15) is 5.26 Å². The first-order valence-corrected chi connectivity index (χ1v) is 9.43. The number of anilines is 1. The fourth-order valence-electron chi connectivity index (χ4n) is 2.34. The van der Waals surface area contributed by atoms with Crippen LogP contribution >= 0.6 is 11.8 Å². The number of rotatable bonds is 6. The van der Waals surface area contributed by atoms with E-state index in [9.17, 15) is 14.9 Å². The van der Waals surface area contributed by atoms with Crippen LogP contribution in [-0.2, 0) is 9.53 Å². The van der Waals surface area contributed by atoms with E-state index in [1.165, 1.54) is 6.07 Å². The van der Waals surface area contributed by atoms with E-state index in [1.807, 2.05) is 38.1 Å². The van der Waals surface area contributed by atoms with Gasteiger partial charge in [-0.05, 0) is 57.0 Å². The second-order valence-electron chi connectivity index (χ2n) is 5.94. The number of hydrogen-bond donors (Lipinski definition) is 1. The molecule has 0 radical (unpaired) electrons. The molecule has 1 heterocycles. The molecule has 0 spiro atoms. The van der Waals surface area contributed by atoms with Crippen molar-refractivity contribution in [3.8, 4) is 6.07 Å². The average Bonchev–Trinajstić information content (AvgIpc) is 2.63. The molecule has 2 aromatic rings. The molecule has 1 N–H and O–H groups in total. The highest BCUT2D eigenvalue weighted by Gasteiger charge is 2.17. The van der Waals surface area contributed by atoms with Crippen molar-refractivity contribution in [2.24, 2.45) is 0 Å². The molecule has 0 unspecified atom stereocenters. The first-order valence-electron chi connectivity index (χ1n) is 8.44. The minimum absolute atomic E-state index is 0.104. The van der Waals surface area contributed by atoms with Crippen LogP contribution in [0.5, 0.6) is 0 Å². The molecule has 2 rings (SSSR count). The van der Waals surface area contributed by atoms with Gasteiger partial charge in [0, 0.05) is 5.69 Å². The lowest BCUT2D eigenvalue weighted by Gasteiger charge is -2.10. The summed E-state index contributed by atoms with van der Waals surface area (Å²) in [6, 6.07) is 9.20. The van der Waals surface area contributed by atoms with Gasteiger partial charge in [-0.15, -0.1) is 0 Å². The lowest BCUT2D eigenvalue weighted by atomic mass is 10.1. The van der Waals surface area contributed by atoms with Gasteiger partial charge in [0.15, 0.2) is 0 Å². The van der Waals surface area contributed by atoms with Crippen LogP contribution in [0.4, 0.5) is 5.69 Å². The van der Waals surface area contributed by atoms with Gasteiger partial charge in [0.2, 0.25) is 5.91 Å². The SMILES string of the molecule is CCOC(=O)c1cc(C#N)c(SCC(=O)Nc2ccc(C)c(C)c2)nc1C. The Balaban J connectivity index is 2.09. The molecule has 0 bridgehead atoms. The lowest BCUT2D eigenvalue weighted by molar-refractivity contribution is -0.113. The molecule has 0 aliphatic rings. The van der Waals surface area contributed by atoms with Crippen molar-refractivity contribution < 1.29 is 14.3 Å². The molecule has 0 atom stereocenters. The van der Waals surface area contributed by atoms with Crippen LogP contribution in [0.25, 0.3) is 0 Å². The van der Waals surface area contributed by atoms with Gasteiger partial charge in [0.05, 0.1) is 29.2 Å². The van der Waals surface area contributed by atoms with Gasteiger partial charge in [-0.1, -0.05) is 17.8 Å². The molecule has 0 saturated heterocycles. The Morgan fingerprint density at radius 2 is 1.96 bits per heavy atom. The summed E-state index contributed by atoms with van der Waals surface area (Å²) in [5.74, 6) is -0.601. The summed E-state index contributed by atoms with van der Waals surface area (Å²) in [5, 5.41) is 12.6. The topological polar surface area (TPSA) is 92.1 Å². The number of aromatic nitrogens is 1. The van der Waals surface area contributed by atoms with Gasteiger partial charge in [0.25, 0.3) is 0 Å². The zero-order valence-corrected chi connectivity index (χ0v) is 16.6. The fraction of sp³-hybridized carbons (Fsp3) is 0.300. The summed E-state index contributed by atoms with van der Waals surface area (Å²) >= 11 is 1.16. The number of thioether (sulfide) groups is 1. The number of nitrogens with one attached hydrogen (secondary N) is 1. The fourth-order valence-corrected chi connectivity index (χ4v) is 3.14. The van der Waals surface area contributed by atoms with Crippen molar-refractivity contribution in [1.82, 2.24) is 4.98 Å². The average molecular weight is 383 g/mol. The number of carbonyl (C=O) groups is 2. The van der Waals surface area contributed by atoms with Crippen molar-refractivity contribution in [2.75, 3.05) is 17.7 Å². The van der Waals surface area contributed by atoms with E-state index in [-0.39, 0.29) is 29.4 Å². The van der Waals surface area contributed by atoms with Crippen molar-refractivity contribution in [3.05, 3.63) is 52.2 Å². The number of hydrogen-bond acceptors (Lipinski definition) is 6. The number of esters is 1. The van der Waals surface area contributed by atoms with Crippen LogP contribution in [0.15, 0.2) is 29.3 Å². The Bertz CT molecular complexity index is 919. The Morgan fingerprint density at radius 1 is 1.22 bits per heavy atom. The standard InChI is InChI=1S/C20H21N3O3S/c1-5-26-20(25)17-9-15(10-21)19(22-14(17)4)27-11-18(24)23-16-7-6-12(2)13(3)8-16/h6-9H,5,11H2,1-4H3,(H,23,24). The van der Waals surface area contributed by atoms with Crippen LogP contribution < -0.4 is 5.32 Å². The van der Waals surface area contributed by atoms with Gasteiger partial charge in [0.1, 0.15) is 11.1 Å². The summed E-state index contributed by atoms with van der Waals surface area (Å²) in [5.41, 5.74) is 3.95. The maximum atomic E-state index is 12.2. The number of carbonyl (C=O) groups excluding carboxylic acids is 2. The monoisotopic (exact) mass is 383 g/mol. The number of nitrogens with zero attached hydrogens (tertiary/aromatic N) is 2. The molecule has 0 fully saturated rings. The van der Waals surface area contributed by atoms with Gasteiger partial charge in [-0.25, -0.2) is 9.78 Å². The van der Waals surface area contributed by atoms with E-state index >= 15 is 0 Å². The largest absolute Gasteiger partial charge is 0.462 e. The highest BCUT2D eigenvalue weighted by atomic mass is 32.2. The van der Waals surface area contributed by atoms with Crippen LogP contribution in [-0.4, -0.2) is 29.2 Å². The highest BCUT2D eigenvalue weighted by molar-refractivity contribution is 8.00. The first kappa shape index (κ1) is 20.5. The Morgan fingerprint density at radius 3 is 2.59 bits per heavy atom. The molecule has 1 aromatic carbocycles. The molecule has 0 aliphatic heterocycles. The van der Waals surface area contributed by atoms with E-state index in [2.05, 4.69) is 10.3 Å². The second kappa shape index (κ2) is 9.19. The van der Waals surface area contributed by atoms with Crippen molar-refractivity contribution in [2.45, 2.75) is 32.7 Å². The molecule has 140 valence electrons. The van der Waals surface area contributed by atoms with Crippen molar-refractivity contribution in [3.63, 3.8) is 0 Å². The molecule has 0 saturated carbocycles. The molecule has 7 heteroatoms. The predicted molar refractivity (Wildman–Crippen MR) is 105 cm³/mol. The molecule has 0 aliphatic carbocycles. The third-order valence-corrected chi connectivity index (χ3v) is 4.92. The molecule has 6 nitrogen and oxygen atoms in total. The number of ether oxygens (including phenoxy) is 1. The van der Waals surface area contributed by atoms with Gasteiger partial charge >= 0.3 is 5.97 Å². The van der Waals surface area contributed by atoms with Crippen LogP contribution in [0.1, 0.15) is 39.7 Å².